The van der Waals surface area contributed by atoms with Crippen molar-refractivity contribution in [2.45, 2.75) is 83.5 Å². The Hall–Kier alpha value is -1.24. The van der Waals surface area contributed by atoms with Gasteiger partial charge >= 0.3 is 0 Å². The lowest BCUT2D eigenvalue weighted by Crippen LogP contribution is -2.15. The molecule has 4 rings (SSSR count). The van der Waals surface area contributed by atoms with E-state index in [0.717, 1.165) is 11.8 Å². The molecule has 0 spiro atoms. The van der Waals surface area contributed by atoms with Crippen molar-refractivity contribution in [3.05, 3.63) is 35.5 Å². The highest BCUT2D eigenvalue weighted by Crippen LogP contribution is 2.51. The molecule has 1 saturated carbocycles. The Bertz CT molecular complexity index is 573. The van der Waals surface area contributed by atoms with Gasteiger partial charge in [0.1, 0.15) is 0 Å². The van der Waals surface area contributed by atoms with Crippen molar-refractivity contribution in [3.63, 3.8) is 0 Å². The summed E-state index contributed by atoms with van der Waals surface area (Å²) in [6.45, 7) is 0. The van der Waals surface area contributed by atoms with E-state index in [1.54, 1.807) is 5.57 Å². The molecule has 0 bridgehead atoms. The normalized spacial score (nSPS) is 26.2. The first-order valence-corrected chi connectivity index (χ1v) is 10.5. The van der Waals surface area contributed by atoms with Crippen LogP contribution in [0, 0.1) is 11.8 Å². The third kappa shape index (κ3) is 3.41. The summed E-state index contributed by atoms with van der Waals surface area (Å²) in [7, 11) is 0. The third-order valence-electron chi connectivity index (χ3n) is 6.54. The summed E-state index contributed by atoms with van der Waals surface area (Å²) in [4.78, 5) is 0. The van der Waals surface area contributed by atoms with E-state index >= 15 is 0 Å². The lowest BCUT2D eigenvalue weighted by Gasteiger charge is -2.26. The molecule has 1 fully saturated rings. The van der Waals surface area contributed by atoms with Gasteiger partial charge in [0.2, 0.25) is 0 Å². The zero-order valence-electron chi connectivity index (χ0n) is 15.1. The lowest BCUT2D eigenvalue weighted by molar-refractivity contribution is 0.320. The number of hydrogen-bond donors (Lipinski definition) is 0. The fraction of sp³-hybridized carbons (Fsp3) is 0.652. The van der Waals surface area contributed by atoms with Crippen LogP contribution in [-0.2, 0) is 0 Å². The summed E-state index contributed by atoms with van der Waals surface area (Å²) in [5, 5.41) is 4.94. The highest BCUT2D eigenvalue weighted by molar-refractivity contribution is 5.84. The van der Waals surface area contributed by atoms with Crippen molar-refractivity contribution in [2.24, 2.45) is 11.8 Å². The first-order chi connectivity index (χ1) is 11.9. The van der Waals surface area contributed by atoms with Gasteiger partial charge in [-0.05, 0) is 49.2 Å². The fourth-order valence-corrected chi connectivity index (χ4v) is 5.27. The molecule has 1 radical (unpaired) electrons. The van der Waals surface area contributed by atoms with Crippen LogP contribution in [0.5, 0.6) is 0 Å². The van der Waals surface area contributed by atoms with Gasteiger partial charge < -0.3 is 0 Å². The zero-order chi connectivity index (χ0) is 16.2. The number of hydrogen-bond acceptors (Lipinski definition) is 0. The number of para-hydroxylation sites is 1. The monoisotopic (exact) mass is 322 g/mol. The molecule has 1 nitrogen and oxygen atoms in total. The second-order valence-corrected chi connectivity index (χ2v) is 8.15. The van der Waals surface area contributed by atoms with Gasteiger partial charge in [-0.2, -0.15) is 0 Å². The first-order valence-electron chi connectivity index (χ1n) is 10.5. The van der Waals surface area contributed by atoms with Crippen LogP contribution in [0.1, 0.15) is 89.0 Å². The average Bonchev–Trinajstić information content (AvgIpc) is 3.15. The maximum absolute atomic E-state index is 4.94. The van der Waals surface area contributed by atoms with Gasteiger partial charge in [-0.1, -0.05) is 76.0 Å². The first kappa shape index (κ1) is 16.2. The summed E-state index contributed by atoms with van der Waals surface area (Å²) in [6.07, 6.45) is 18.6. The standard InChI is InChI=1S/C23H32N/c1-2-4-6-8-12-18(13-9-7-5-3-1)19-16-17-22-23(19)20-14-10-11-15-21(20)24-22/h10-11,14-15,18-19H,1-9,12-13,16-17H2. The van der Waals surface area contributed by atoms with Crippen LogP contribution >= 0.6 is 0 Å². The molecule has 1 unspecified atom stereocenters. The smallest absolute Gasteiger partial charge is 0.0708 e. The van der Waals surface area contributed by atoms with E-state index < -0.39 is 0 Å². The van der Waals surface area contributed by atoms with Crippen LogP contribution in [0.15, 0.2) is 30.0 Å². The van der Waals surface area contributed by atoms with Gasteiger partial charge in [-0.3, -0.25) is 5.32 Å². The molecule has 1 aromatic rings. The summed E-state index contributed by atoms with van der Waals surface area (Å²) in [6, 6.07) is 8.84. The number of nitrogens with zero attached hydrogens (tertiary/aromatic N) is 1. The van der Waals surface area contributed by atoms with Gasteiger partial charge in [-0.15, -0.1) is 0 Å². The summed E-state index contributed by atoms with van der Waals surface area (Å²) in [5.41, 5.74) is 5.76. The molecule has 1 aliphatic heterocycles. The minimum atomic E-state index is 0.787. The van der Waals surface area contributed by atoms with Crippen molar-refractivity contribution in [3.8, 4) is 0 Å². The van der Waals surface area contributed by atoms with Gasteiger partial charge in [0.15, 0.2) is 0 Å². The van der Waals surface area contributed by atoms with E-state index in [-0.39, 0.29) is 0 Å². The Morgan fingerprint density at radius 3 is 2.04 bits per heavy atom. The molecule has 24 heavy (non-hydrogen) atoms. The van der Waals surface area contributed by atoms with Crippen LogP contribution < -0.4 is 5.32 Å². The Kier molecular flexibility index (Phi) is 5.25. The van der Waals surface area contributed by atoms with E-state index in [1.807, 2.05) is 0 Å². The second kappa shape index (κ2) is 7.76. The van der Waals surface area contributed by atoms with Crippen LogP contribution in [0.2, 0.25) is 0 Å². The van der Waals surface area contributed by atoms with Crippen LogP contribution in [-0.4, -0.2) is 0 Å². The molecule has 2 aliphatic carbocycles. The molecule has 1 aromatic carbocycles. The summed E-state index contributed by atoms with van der Waals surface area (Å²) < 4.78 is 0. The van der Waals surface area contributed by atoms with Crippen molar-refractivity contribution in [2.75, 3.05) is 0 Å². The minimum Gasteiger partial charge on any atom is -0.253 e. The fourth-order valence-electron chi connectivity index (χ4n) is 5.27. The molecule has 0 amide bonds. The summed E-state index contributed by atoms with van der Waals surface area (Å²) >= 11 is 0. The molecule has 0 saturated heterocycles. The summed E-state index contributed by atoms with van der Waals surface area (Å²) in [5.74, 6) is 1.69. The topological polar surface area (TPSA) is 14.1 Å². The predicted molar refractivity (Wildman–Crippen MR) is 102 cm³/mol. The lowest BCUT2D eigenvalue weighted by atomic mass is 9.78. The zero-order valence-corrected chi connectivity index (χ0v) is 15.1. The van der Waals surface area contributed by atoms with E-state index in [9.17, 15) is 0 Å². The third-order valence-corrected chi connectivity index (χ3v) is 6.54. The van der Waals surface area contributed by atoms with Crippen molar-refractivity contribution >= 4 is 11.3 Å². The van der Waals surface area contributed by atoms with Crippen molar-refractivity contribution in [1.29, 1.82) is 0 Å². The Morgan fingerprint density at radius 1 is 0.708 bits per heavy atom. The predicted octanol–water partition coefficient (Wildman–Crippen LogP) is 6.98. The number of allylic oxidation sites excluding steroid dienone is 2. The number of fused-ring (bicyclic) bond motifs is 2. The Morgan fingerprint density at radius 2 is 1.33 bits per heavy atom. The molecule has 3 aliphatic rings. The van der Waals surface area contributed by atoms with Crippen LogP contribution in [0.3, 0.4) is 0 Å². The van der Waals surface area contributed by atoms with E-state index in [4.69, 9.17) is 5.32 Å². The maximum Gasteiger partial charge on any atom is 0.0708 e. The Balaban J connectivity index is 1.48. The quantitative estimate of drug-likeness (QED) is 0.529. The molecule has 1 atom stereocenters. The highest BCUT2D eigenvalue weighted by atomic mass is 14.9. The van der Waals surface area contributed by atoms with Gasteiger partial charge in [0.05, 0.1) is 5.69 Å². The molecule has 129 valence electrons. The average molecular weight is 323 g/mol. The molecular formula is C23H32N. The Labute approximate surface area is 147 Å². The van der Waals surface area contributed by atoms with Gasteiger partial charge in [-0.25, -0.2) is 0 Å². The molecule has 0 N–H and O–H groups in total. The van der Waals surface area contributed by atoms with E-state index in [1.165, 1.54) is 100 Å². The highest BCUT2D eigenvalue weighted by Gasteiger charge is 2.37. The van der Waals surface area contributed by atoms with Crippen LogP contribution in [0.4, 0.5) is 5.69 Å². The van der Waals surface area contributed by atoms with Crippen LogP contribution in [0.25, 0.3) is 5.57 Å². The van der Waals surface area contributed by atoms with Gasteiger partial charge in [0, 0.05) is 11.3 Å². The van der Waals surface area contributed by atoms with E-state index in [2.05, 4.69) is 24.3 Å². The molecule has 1 heterocycles. The van der Waals surface area contributed by atoms with Gasteiger partial charge in [0.25, 0.3) is 0 Å². The number of benzene rings is 1. The largest absolute Gasteiger partial charge is 0.253 e. The van der Waals surface area contributed by atoms with Crippen molar-refractivity contribution in [1.82, 2.24) is 5.32 Å². The van der Waals surface area contributed by atoms with E-state index in [0.29, 0.717) is 0 Å². The molecular weight excluding hydrogens is 290 g/mol. The van der Waals surface area contributed by atoms with Crippen molar-refractivity contribution < 1.29 is 0 Å². The molecule has 0 aromatic heterocycles. The molecule has 1 heteroatoms. The SMILES string of the molecule is c1ccc2c(c1)[N]C1=C2C(C2CCCCCCCCCCC2)CC1. The number of rotatable bonds is 1. The minimum absolute atomic E-state index is 0.787. The maximum atomic E-state index is 4.94. The second-order valence-electron chi connectivity index (χ2n) is 8.15.